The molecular weight excluding hydrogens is 282 g/mol. The van der Waals surface area contributed by atoms with E-state index in [-0.39, 0.29) is 10.9 Å². The van der Waals surface area contributed by atoms with Crippen LogP contribution in [-0.2, 0) is 14.8 Å². The van der Waals surface area contributed by atoms with E-state index in [1.54, 1.807) is 12.1 Å². The van der Waals surface area contributed by atoms with Gasteiger partial charge in [-0.15, -0.1) is 0 Å². The summed E-state index contributed by atoms with van der Waals surface area (Å²) < 4.78 is 42.9. The fourth-order valence-corrected chi connectivity index (χ4v) is 4.00. The molecule has 1 aromatic carbocycles. The van der Waals surface area contributed by atoms with Gasteiger partial charge in [0.2, 0.25) is 10.0 Å². The van der Waals surface area contributed by atoms with E-state index in [9.17, 15) is 8.42 Å². The molecule has 0 radical (unpaired) electrons. The van der Waals surface area contributed by atoms with Crippen LogP contribution in [0, 0.1) is 0 Å². The van der Waals surface area contributed by atoms with Gasteiger partial charge in [0.25, 0.3) is 0 Å². The molecule has 0 aliphatic carbocycles. The molecule has 1 fully saturated rings. The first-order valence-corrected chi connectivity index (χ1v) is 8.02. The van der Waals surface area contributed by atoms with E-state index in [1.165, 1.54) is 10.4 Å². The fraction of sp³-hybridized carbons (Fsp3) is 0.538. The summed E-state index contributed by atoms with van der Waals surface area (Å²) in [6.45, 7) is 3.98. The van der Waals surface area contributed by atoms with Crippen molar-refractivity contribution in [3.63, 3.8) is 0 Å². The van der Waals surface area contributed by atoms with E-state index >= 15 is 0 Å². The Kier molecular flexibility index (Phi) is 3.57. The summed E-state index contributed by atoms with van der Waals surface area (Å²) in [5.74, 6) is 1.07. The predicted octanol–water partition coefficient (Wildman–Crippen LogP) is 0.867. The zero-order chi connectivity index (χ0) is 14.2. The van der Waals surface area contributed by atoms with Gasteiger partial charge in [-0.2, -0.15) is 4.31 Å². The fourth-order valence-electron chi connectivity index (χ4n) is 2.39. The molecule has 2 aliphatic rings. The van der Waals surface area contributed by atoms with Crippen LogP contribution in [0.1, 0.15) is 6.92 Å². The molecule has 1 saturated heterocycles. The Balaban J connectivity index is 1.94. The molecule has 110 valence electrons. The monoisotopic (exact) mass is 299 g/mol. The van der Waals surface area contributed by atoms with Gasteiger partial charge in [-0.1, -0.05) is 0 Å². The number of hydrogen-bond acceptors (Lipinski definition) is 5. The highest BCUT2D eigenvalue weighted by Crippen LogP contribution is 2.33. The Bertz CT molecular complexity index is 601. The minimum atomic E-state index is -3.53. The largest absolute Gasteiger partial charge is 0.486 e. The maximum atomic E-state index is 12.7. The van der Waals surface area contributed by atoms with Gasteiger partial charge in [0, 0.05) is 18.7 Å². The van der Waals surface area contributed by atoms with Crippen LogP contribution in [0.25, 0.3) is 0 Å². The highest BCUT2D eigenvalue weighted by Gasteiger charge is 2.32. The molecule has 0 aromatic heterocycles. The third kappa shape index (κ3) is 2.36. The zero-order valence-corrected chi connectivity index (χ0v) is 12.1. The van der Waals surface area contributed by atoms with Crippen molar-refractivity contribution < 1.29 is 22.6 Å². The lowest BCUT2D eigenvalue weighted by molar-refractivity contribution is 0.0392. The quantitative estimate of drug-likeness (QED) is 0.810. The molecule has 0 bridgehead atoms. The van der Waals surface area contributed by atoms with Gasteiger partial charge < -0.3 is 14.2 Å². The van der Waals surface area contributed by atoms with E-state index in [4.69, 9.17) is 14.2 Å². The normalized spacial score (nSPS) is 23.6. The first-order valence-electron chi connectivity index (χ1n) is 6.58. The Morgan fingerprint density at radius 3 is 2.65 bits per heavy atom. The molecule has 3 rings (SSSR count). The minimum absolute atomic E-state index is 0.165. The van der Waals surface area contributed by atoms with E-state index in [0.29, 0.717) is 44.5 Å². The van der Waals surface area contributed by atoms with E-state index < -0.39 is 10.0 Å². The topological polar surface area (TPSA) is 65.1 Å². The summed E-state index contributed by atoms with van der Waals surface area (Å²) in [6, 6.07) is 4.57. The predicted molar refractivity (Wildman–Crippen MR) is 71.6 cm³/mol. The summed E-state index contributed by atoms with van der Waals surface area (Å²) in [5.41, 5.74) is 0. The highest BCUT2D eigenvalue weighted by atomic mass is 32.2. The maximum Gasteiger partial charge on any atom is 0.243 e. The van der Waals surface area contributed by atoms with Crippen LogP contribution >= 0.6 is 0 Å². The molecule has 20 heavy (non-hydrogen) atoms. The SMILES string of the molecule is C[C@@H]1COCCN1S(=O)(=O)c1ccc2c(c1)OCCO2. The lowest BCUT2D eigenvalue weighted by atomic mass is 10.3. The summed E-state index contributed by atoms with van der Waals surface area (Å²) in [4.78, 5) is 0.232. The lowest BCUT2D eigenvalue weighted by Crippen LogP contribution is -2.46. The number of nitrogens with zero attached hydrogens (tertiary/aromatic N) is 1. The van der Waals surface area contributed by atoms with Crippen molar-refractivity contribution in [1.29, 1.82) is 0 Å². The van der Waals surface area contributed by atoms with Crippen LogP contribution in [0.2, 0.25) is 0 Å². The third-order valence-corrected chi connectivity index (χ3v) is 5.44. The molecule has 7 heteroatoms. The van der Waals surface area contributed by atoms with Crippen molar-refractivity contribution in [3.05, 3.63) is 18.2 Å². The average Bonchev–Trinajstić information content (AvgIpc) is 2.47. The van der Waals surface area contributed by atoms with Crippen molar-refractivity contribution in [2.45, 2.75) is 17.9 Å². The average molecular weight is 299 g/mol. The highest BCUT2D eigenvalue weighted by molar-refractivity contribution is 7.89. The Morgan fingerprint density at radius 2 is 1.90 bits per heavy atom. The van der Waals surface area contributed by atoms with Gasteiger partial charge in [-0.05, 0) is 19.1 Å². The van der Waals surface area contributed by atoms with E-state index in [1.807, 2.05) is 6.92 Å². The smallest absolute Gasteiger partial charge is 0.243 e. The summed E-state index contributed by atoms with van der Waals surface area (Å²) in [5, 5.41) is 0. The van der Waals surface area contributed by atoms with Crippen LogP contribution in [0.5, 0.6) is 11.5 Å². The Morgan fingerprint density at radius 1 is 1.15 bits per heavy atom. The molecule has 0 N–H and O–H groups in total. The van der Waals surface area contributed by atoms with Crippen LogP contribution in [0.4, 0.5) is 0 Å². The number of rotatable bonds is 2. The number of fused-ring (bicyclic) bond motifs is 1. The van der Waals surface area contributed by atoms with Gasteiger partial charge in [-0.25, -0.2) is 8.42 Å². The van der Waals surface area contributed by atoms with Crippen molar-refractivity contribution >= 4 is 10.0 Å². The summed E-state index contributed by atoms with van der Waals surface area (Å²) >= 11 is 0. The van der Waals surface area contributed by atoms with Crippen molar-refractivity contribution in [2.75, 3.05) is 33.0 Å². The molecule has 1 atom stereocenters. The van der Waals surface area contributed by atoms with Crippen LogP contribution < -0.4 is 9.47 Å². The first-order chi connectivity index (χ1) is 9.59. The second-order valence-corrected chi connectivity index (χ2v) is 6.74. The number of ether oxygens (including phenoxy) is 3. The van der Waals surface area contributed by atoms with E-state index in [2.05, 4.69) is 0 Å². The van der Waals surface area contributed by atoms with E-state index in [0.717, 1.165) is 0 Å². The number of morpholine rings is 1. The van der Waals surface area contributed by atoms with Crippen LogP contribution in [0.3, 0.4) is 0 Å². The van der Waals surface area contributed by atoms with Gasteiger partial charge >= 0.3 is 0 Å². The molecule has 0 saturated carbocycles. The van der Waals surface area contributed by atoms with Gasteiger partial charge in [-0.3, -0.25) is 0 Å². The molecule has 0 spiro atoms. The number of sulfonamides is 1. The molecule has 2 heterocycles. The standard InChI is InChI=1S/C13H17NO5S/c1-10-9-17-5-4-14(10)20(15,16)11-2-3-12-13(8-11)19-7-6-18-12/h2-3,8,10H,4-7,9H2,1H3/t10-/m1/s1. The molecule has 6 nitrogen and oxygen atoms in total. The number of hydrogen-bond donors (Lipinski definition) is 0. The lowest BCUT2D eigenvalue weighted by Gasteiger charge is -2.32. The molecule has 0 unspecified atom stereocenters. The summed E-state index contributed by atoms with van der Waals surface area (Å²) in [7, 11) is -3.53. The minimum Gasteiger partial charge on any atom is -0.486 e. The van der Waals surface area contributed by atoms with Crippen molar-refractivity contribution in [1.82, 2.24) is 4.31 Å². The Labute approximate surface area is 118 Å². The first kappa shape index (κ1) is 13.7. The molecule has 0 amide bonds. The van der Waals surface area contributed by atoms with Crippen molar-refractivity contribution in [3.8, 4) is 11.5 Å². The summed E-state index contributed by atoms with van der Waals surface area (Å²) in [6.07, 6.45) is 0. The van der Waals surface area contributed by atoms with Gasteiger partial charge in [0.1, 0.15) is 13.2 Å². The maximum absolute atomic E-state index is 12.7. The van der Waals surface area contributed by atoms with Gasteiger partial charge in [0.05, 0.1) is 18.1 Å². The Hall–Kier alpha value is -1.31. The third-order valence-electron chi connectivity index (χ3n) is 3.43. The molecule has 2 aliphatic heterocycles. The molecule has 1 aromatic rings. The second-order valence-electron chi connectivity index (χ2n) is 4.85. The van der Waals surface area contributed by atoms with Gasteiger partial charge in [0.15, 0.2) is 11.5 Å². The van der Waals surface area contributed by atoms with Crippen LogP contribution in [0.15, 0.2) is 23.1 Å². The van der Waals surface area contributed by atoms with Crippen molar-refractivity contribution in [2.24, 2.45) is 0 Å². The van der Waals surface area contributed by atoms with Crippen LogP contribution in [-0.4, -0.2) is 51.7 Å². The number of benzene rings is 1. The zero-order valence-electron chi connectivity index (χ0n) is 11.2. The molecular formula is C13H17NO5S. The second kappa shape index (κ2) is 5.23.